The fourth-order valence-electron chi connectivity index (χ4n) is 7.99. The first-order chi connectivity index (χ1) is 19.7. The number of hydrogen-bond acceptors (Lipinski definition) is 5. The maximum Gasteiger partial charge on any atom is 0.249 e. The SMILES string of the molecule is CC(C)[C@H](CO)N1C(=O)[C@@H]2[C@H]3C(=O)N(Cc4ccccc4)CC=C[C@H]3O[C@@]23C=CCN(C(C)(C)CC(C)(C)C)C(=O)C13. The van der Waals surface area contributed by atoms with Gasteiger partial charge in [0.25, 0.3) is 0 Å². The molecule has 0 bridgehead atoms. The van der Waals surface area contributed by atoms with Crippen LogP contribution in [0.5, 0.6) is 0 Å². The molecule has 1 N–H and O–H groups in total. The molecule has 42 heavy (non-hydrogen) atoms. The van der Waals surface area contributed by atoms with E-state index < -0.39 is 41.2 Å². The van der Waals surface area contributed by atoms with E-state index in [9.17, 15) is 19.5 Å². The van der Waals surface area contributed by atoms with Crippen LogP contribution in [0.2, 0.25) is 0 Å². The fourth-order valence-corrected chi connectivity index (χ4v) is 7.99. The van der Waals surface area contributed by atoms with E-state index in [4.69, 9.17) is 4.74 Å². The van der Waals surface area contributed by atoms with Gasteiger partial charge >= 0.3 is 0 Å². The van der Waals surface area contributed by atoms with Gasteiger partial charge in [-0.3, -0.25) is 14.4 Å². The van der Waals surface area contributed by atoms with Crippen LogP contribution >= 0.6 is 0 Å². The van der Waals surface area contributed by atoms with Gasteiger partial charge in [-0.2, -0.15) is 0 Å². The average molecular weight is 578 g/mol. The third-order valence-electron chi connectivity index (χ3n) is 9.40. The number of nitrogens with zero attached hydrogens (tertiary/aromatic N) is 3. The second kappa shape index (κ2) is 10.9. The molecule has 2 saturated heterocycles. The lowest BCUT2D eigenvalue weighted by Crippen LogP contribution is -2.62. The molecule has 6 atom stereocenters. The van der Waals surface area contributed by atoms with Gasteiger partial charge in [0.05, 0.1) is 30.6 Å². The minimum atomic E-state index is -1.31. The van der Waals surface area contributed by atoms with Crippen LogP contribution in [0, 0.1) is 23.2 Å². The number of amides is 3. The number of rotatable bonds is 7. The van der Waals surface area contributed by atoms with E-state index in [-0.39, 0.29) is 35.7 Å². The highest BCUT2D eigenvalue weighted by molar-refractivity contribution is 6.00. The molecule has 8 heteroatoms. The number of carbonyl (C=O) groups is 3. The van der Waals surface area contributed by atoms with E-state index in [1.54, 1.807) is 9.80 Å². The maximum atomic E-state index is 14.8. The van der Waals surface area contributed by atoms with Gasteiger partial charge in [-0.05, 0) is 37.2 Å². The van der Waals surface area contributed by atoms with Gasteiger partial charge in [0.1, 0.15) is 11.6 Å². The van der Waals surface area contributed by atoms with E-state index in [2.05, 4.69) is 34.6 Å². The van der Waals surface area contributed by atoms with Gasteiger partial charge in [0.15, 0.2) is 0 Å². The summed E-state index contributed by atoms with van der Waals surface area (Å²) in [5, 5.41) is 10.5. The zero-order valence-corrected chi connectivity index (χ0v) is 26.1. The van der Waals surface area contributed by atoms with E-state index >= 15 is 0 Å². The summed E-state index contributed by atoms with van der Waals surface area (Å²) >= 11 is 0. The van der Waals surface area contributed by atoms with E-state index in [0.717, 1.165) is 12.0 Å². The van der Waals surface area contributed by atoms with Crippen LogP contribution in [0.25, 0.3) is 0 Å². The molecule has 0 radical (unpaired) electrons. The highest BCUT2D eigenvalue weighted by Crippen LogP contribution is 2.55. The summed E-state index contributed by atoms with van der Waals surface area (Å²) in [7, 11) is 0. The number of ether oxygens (including phenoxy) is 1. The number of hydrogen-bond donors (Lipinski definition) is 1. The number of aliphatic hydroxyl groups is 1. The summed E-state index contributed by atoms with van der Waals surface area (Å²) in [6.07, 6.45) is 7.78. The molecule has 228 valence electrons. The molecular weight excluding hydrogens is 530 g/mol. The van der Waals surface area contributed by atoms with Crippen molar-refractivity contribution in [3.05, 3.63) is 60.2 Å². The molecule has 4 aliphatic heterocycles. The summed E-state index contributed by atoms with van der Waals surface area (Å²) < 4.78 is 6.80. The molecule has 4 heterocycles. The summed E-state index contributed by atoms with van der Waals surface area (Å²) in [6.45, 7) is 15.4. The standard InChI is InChI=1S/C34H47N3O5/c1-22(2)24(20-38)37-28-31(41)36(33(6,7)21-32(3,4)5)18-12-16-34(28)27(30(37)40)26-25(42-34)15-11-17-35(29(26)39)19-23-13-9-8-10-14-23/h8-16,22,24-28,38H,17-21H2,1-7H3/t24-,25+,26-,27-,28?,34-/m0/s1. The van der Waals surface area contributed by atoms with Crippen molar-refractivity contribution < 1.29 is 24.2 Å². The number of fused-ring (bicyclic) bond motifs is 2. The fraction of sp³-hybridized carbons (Fsp3) is 0.618. The van der Waals surface area contributed by atoms with E-state index in [1.807, 2.05) is 73.4 Å². The van der Waals surface area contributed by atoms with Gasteiger partial charge in [-0.15, -0.1) is 0 Å². The molecular formula is C34H47N3O5. The smallest absolute Gasteiger partial charge is 0.249 e. The number of carbonyl (C=O) groups excluding carboxylic acids is 3. The third-order valence-corrected chi connectivity index (χ3v) is 9.40. The minimum Gasteiger partial charge on any atom is -0.394 e. The predicted octanol–water partition coefficient (Wildman–Crippen LogP) is 3.80. The van der Waals surface area contributed by atoms with Gasteiger partial charge in [-0.1, -0.05) is 89.3 Å². The highest BCUT2D eigenvalue weighted by Gasteiger charge is 2.73. The molecule has 8 nitrogen and oxygen atoms in total. The third kappa shape index (κ3) is 5.11. The van der Waals surface area contributed by atoms with Crippen LogP contribution < -0.4 is 0 Å². The van der Waals surface area contributed by atoms with Crippen LogP contribution in [-0.2, 0) is 25.7 Å². The van der Waals surface area contributed by atoms with Crippen LogP contribution in [0.4, 0.5) is 0 Å². The Kier molecular flexibility index (Phi) is 7.94. The molecule has 2 fully saturated rings. The quantitative estimate of drug-likeness (QED) is 0.498. The van der Waals surface area contributed by atoms with Crippen molar-refractivity contribution in [1.82, 2.24) is 14.7 Å². The van der Waals surface area contributed by atoms with E-state index in [1.165, 1.54) is 0 Å². The Bertz CT molecular complexity index is 1270. The highest BCUT2D eigenvalue weighted by atomic mass is 16.5. The Labute approximate surface area is 250 Å². The topological polar surface area (TPSA) is 90.4 Å². The first-order valence-electron chi connectivity index (χ1n) is 15.3. The Morgan fingerprint density at radius 1 is 0.976 bits per heavy atom. The molecule has 4 aliphatic rings. The zero-order chi connectivity index (χ0) is 30.6. The number of aliphatic hydroxyl groups excluding tert-OH is 1. The normalized spacial score (nSPS) is 30.4. The minimum absolute atomic E-state index is 0.0345. The molecule has 0 aromatic heterocycles. The second-order valence-corrected chi connectivity index (χ2v) is 14.6. The molecule has 1 spiro atoms. The summed E-state index contributed by atoms with van der Waals surface area (Å²) in [6, 6.07) is 8.23. The largest absolute Gasteiger partial charge is 0.394 e. The molecule has 5 rings (SSSR count). The van der Waals surface area contributed by atoms with Crippen LogP contribution in [0.3, 0.4) is 0 Å². The van der Waals surface area contributed by atoms with Crippen molar-refractivity contribution in [2.45, 2.75) is 90.8 Å². The molecule has 1 unspecified atom stereocenters. The first-order valence-corrected chi connectivity index (χ1v) is 15.3. The van der Waals surface area contributed by atoms with Crippen molar-refractivity contribution in [2.24, 2.45) is 23.2 Å². The van der Waals surface area contributed by atoms with Crippen LogP contribution in [-0.4, -0.2) is 86.6 Å². The van der Waals surface area contributed by atoms with Crippen molar-refractivity contribution >= 4 is 17.7 Å². The Hall–Kier alpha value is -2.97. The van der Waals surface area contributed by atoms with Crippen LogP contribution in [0.1, 0.15) is 60.5 Å². The zero-order valence-electron chi connectivity index (χ0n) is 26.1. The van der Waals surface area contributed by atoms with Gasteiger partial charge in [0.2, 0.25) is 17.7 Å². The Morgan fingerprint density at radius 3 is 2.29 bits per heavy atom. The monoisotopic (exact) mass is 577 g/mol. The number of benzene rings is 1. The van der Waals surface area contributed by atoms with Crippen molar-refractivity contribution in [3.63, 3.8) is 0 Å². The summed E-state index contributed by atoms with van der Waals surface area (Å²) in [4.78, 5) is 48.9. The maximum absolute atomic E-state index is 14.8. The molecule has 1 aromatic rings. The van der Waals surface area contributed by atoms with Crippen LogP contribution in [0.15, 0.2) is 54.6 Å². The van der Waals surface area contributed by atoms with Crippen molar-refractivity contribution in [1.29, 1.82) is 0 Å². The van der Waals surface area contributed by atoms with Crippen molar-refractivity contribution in [3.8, 4) is 0 Å². The van der Waals surface area contributed by atoms with Gasteiger partial charge in [-0.25, -0.2) is 0 Å². The Morgan fingerprint density at radius 2 is 1.67 bits per heavy atom. The van der Waals surface area contributed by atoms with E-state index in [0.29, 0.717) is 19.6 Å². The average Bonchev–Trinajstić information content (AvgIpc) is 3.21. The lowest BCUT2D eigenvalue weighted by Gasteiger charge is -2.45. The summed E-state index contributed by atoms with van der Waals surface area (Å²) in [5.74, 6) is -2.40. The molecule has 1 aromatic carbocycles. The lowest BCUT2D eigenvalue weighted by molar-refractivity contribution is -0.156. The Balaban J connectivity index is 1.59. The van der Waals surface area contributed by atoms with Gasteiger partial charge in [0, 0.05) is 25.2 Å². The summed E-state index contributed by atoms with van der Waals surface area (Å²) in [5.41, 5.74) is -0.846. The van der Waals surface area contributed by atoms with Gasteiger partial charge < -0.3 is 24.5 Å². The van der Waals surface area contributed by atoms with Crippen molar-refractivity contribution in [2.75, 3.05) is 19.7 Å². The molecule has 3 amide bonds. The molecule has 0 saturated carbocycles. The first kappa shape index (κ1) is 30.5. The predicted molar refractivity (Wildman–Crippen MR) is 161 cm³/mol. The molecule has 0 aliphatic carbocycles. The second-order valence-electron chi connectivity index (χ2n) is 14.6. The lowest BCUT2D eigenvalue weighted by atomic mass is 9.77. The number of likely N-dealkylation sites (tertiary alicyclic amines) is 1.